The van der Waals surface area contributed by atoms with Crippen molar-refractivity contribution in [2.24, 2.45) is 0 Å². The van der Waals surface area contributed by atoms with E-state index in [1.54, 1.807) is 19.9 Å². The Hall–Kier alpha value is -1.41. The average molecular weight is 232 g/mol. The number of hydrogen-bond acceptors (Lipinski definition) is 1. The minimum Gasteiger partial charge on any atom is -0.386 e. The molecule has 0 aliphatic rings. The predicted molar refractivity (Wildman–Crippen MR) is 73.3 cm³/mol. The van der Waals surface area contributed by atoms with Gasteiger partial charge >= 0.3 is 0 Å². The third-order valence-corrected chi connectivity index (χ3v) is 2.61. The lowest BCUT2D eigenvalue weighted by molar-refractivity contribution is -0.399. The zero-order valence-corrected chi connectivity index (χ0v) is 11.4. The smallest absolute Gasteiger partial charge is 0.210 e. The van der Waals surface area contributed by atoms with Gasteiger partial charge in [-0.1, -0.05) is 18.2 Å². The Labute approximate surface area is 104 Å². The number of nitrogens with zero attached hydrogens (tertiary/aromatic N) is 1. The molecular weight excluding hydrogens is 210 g/mol. The molecule has 1 N–H and O–H groups in total. The number of benzene rings is 1. The van der Waals surface area contributed by atoms with Crippen LogP contribution in [0.4, 0.5) is 5.69 Å². The van der Waals surface area contributed by atoms with Crippen LogP contribution in [-0.2, 0) is 0 Å². The van der Waals surface area contributed by atoms with Crippen molar-refractivity contribution in [2.45, 2.75) is 33.3 Å². The molecule has 2 nitrogen and oxygen atoms in total. The molecule has 17 heavy (non-hydrogen) atoms. The Bertz CT molecular complexity index is 430. The molecule has 92 valence electrons. The first kappa shape index (κ1) is 13.7. The molecule has 0 radical (unpaired) electrons. The van der Waals surface area contributed by atoms with Crippen molar-refractivity contribution in [1.82, 2.24) is 0 Å². The van der Waals surface area contributed by atoms with Gasteiger partial charge in [0.05, 0.1) is 5.60 Å². The maximum absolute atomic E-state index is 9.58. The number of aryl methyl sites for hydroxylation is 2. The molecule has 0 saturated carbocycles. The lowest BCUT2D eigenvalue weighted by Crippen LogP contribution is -2.14. The van der Waals surface area contributed by atoms with Gasteiger partial charge < -0.3 is 5.11 Å². The maximum Gasteiger partial charge on any atom is 0.210 e. The minimum absolute atomic E-state index is 0.766. The van der Waals surface area contributed by atoms with Crippen LogP contribution >= 0.6 is 0 Å². The maximum atomic E-state index is 9.58. The first-order valence-electron chi connectivity index (χ1n) is 5.85. The molecule has 0 heterocycles. The Morgan fingerprint density at radius 1 is 1.18 bits per heavy atom. The van der Waals surface area contributed by atoms with E-state index in [0.717, 1.165) is 0 Å². The first-order valence-corrected chi connectivity index (χ1v) is 5.85. The van der Waals surface area contributed by atoms with Gasteiger partial charge in [-0.2, -0.15) is 0 Å². The zero-order valence-electron chi connectivity index (χ0n) is 11.4. The fraction of sp³-hybridized carbons (Fsp3) is 0.400. The fourth-order valence-electron chi connectivity index (χ4n) is 1.84. The SMILES string of the molecule is Cc1cccc(C)c1[N+](C)=C/C=C/C(C)(C)O. The number of aliphatic hydroxyl groups is 1. The molecule has 1 rings (SSSR count). The summed E-state index contributed by atoms with van der Waals surface area (Å²) < 4.78 is 2.08. The predicted octanol–water partition coefficient (Wildman–Crippen LogP) is 2.98. The van der Waals surface area contributed by atoms with Crippen LogP contribution in [0.1, 0.15) is 25.0 Å². The molecule has 0 saturated heterocycles. The van der Waals surface area contributed by atoms with Crippen LogP contribution in [-0.4, -0.2) is 28.5 Å². The van der Waals surface area contributed by atoms with E-state index >= 15 is 0 Å². The van der Waals surface area contributed by atoms with Crippen molar-refractivity contribution in [1.29, 1.82) is 0 Å². The molecule has 1 aromatic carbocycles. The molecule has 2 heteroatoms. The second-order valence-electron chi connectivity index (χ2n) is 5.01. The molecule has 0 aliphatic carbocycles. The minimum atomic E-state index is -0.766. The Morgan fingerprint density at radius 2 is 1.71 bits per heavy atom. The van der Waals surface area contributed by atoms with Crippen molar-refractivity contribution >= 4 is 11.9 Å². The Morgan fingerprint density at radius 3 is 2.18 bits per heavy atom. The van der Waals surface area contributed by atoms with Crippen LogP contribution in [0.15, 0.2) is 30.4 Å². The van der Waals surface area contributed by atoms with E-state index in [2.05, 4.69) is 36.6 Å². The summed E-state index contributed by atoms with van der Waals surface area (Å²) in [6.45, 7) is 7.73. The van der Waals surface area contributed by atoms with Gasteiger partial charge in [-0.3, -0.25) is 0 Å². The summed E-state index contributed by atoms with van der Waals surface area (Å²) in [5.41, 5.74) is 2.95. The highest BCUT2D eigenvalue weighted by atomic mass is 16.3. The summed E-state index contributed by atoms with van der Waals surface area (Å²) in [4.78, 5) is 0. The van der Waals surface area contributed by atoms with E-state index in [4.69, 9.17) is 0 Å². The molecule has 0 aromatic heterocycles. The van der Waals surface area contributed by atoms with E-state index < -0.39 is 5.60 Å². The lowest BCUT2D eigenvalue weighted by atomic mass is 10.1. The van der Waals surface area contributed by atoms with Gasteiger partial charge in [0.15, 0.2) is 6.21 Å². The van der Waals surface area contributed by atoms with Crippen LogP contribution < -0.4 is 0 Å². The average Bonchev–Trinajstić information content (AvgIpc) is 2.15. The van der Waals surface area contributed by atoms with Gasteiger partial charge in [0.1, 0.15) is 7.05 Å². The number of rotatable bonds is 3. The number of para-hydroxylation sites is 1. The number of hydrogen-bond donors (Lipinski definition) is 1. The molecule has 0 bridgehead atoms. The second-order valence-corrected chi connectivity index (χ2v) is 5.01. The molecule has 1 aromatic rings. The summed E-state index contributed by atoms with van der Waals surface area (Å²) in [5.74, 6) is 0. The molecule has 0 amide bonds. The highest BCUT2D eigenvalue weighted by Crippen LogP contribution is 2.21. The van der Waals surface area contributed by atoms with Crippen LogP contribution in [0, 0.1) is 13.8 Å². The zero-order chi connectivity index (χ0) is 13.1. The van der Waals surface area contributed by atoms with Gasteiger partial charge in [-0.15, -0.1) is 0 Å². The highest BCUT2D eigenvalue weighted by Gasteiger charge is 2.10. The van der Waals surface area contributed by atoms with Crippen LogP contribution in [0.2, 0.25) is 0 Å². The first-order chi connectivity index (χ1) is 7.81. The molecule has 0 fully saturated rings. The standard InChI is InChI=1S/C15H22NO/c1-12-8-6-9-13(2)14(12)16(5)11-7-10-15(3,4)17/h6-11,17H,1-5H3/q+1/b10-7+,16-11?. The largest absolute Gasteiger partial charge is 0.386 e. The van der Waals surface area contributed by atoms with Crippen molar-refractivity contribution in [3.05, 3.63) is 41.5 Å². The molecule has 0 unspecified atom stereocenters. The normalized spacial score (nSPS) is 13.4. The quantitative estimate of drug-likeness (QED) is 0.628. The van der Waals surface area contributed by atoms with Crippen molar-refractivity contribution in [2.75, 3.05) is 7.05 Å². The van der Waals surface area contributed by atoms with Crippen LogP contribution in [0.5, 0.6) is 0 Å². The Balaban J connectivity index is 3.01. The van der Waals surface area contributed by atoms with Gasteiger partial charge in [0, 0.05) is 17.2 Å². The lowest BCUT2D eigenvalue weighted by Gasteiger charge is -2.08. The second kappa shape index (κ2) is 5.28. The van der Waals surface area contributed by atoms with Gasteiger partial charge in [-0.05, 0) is 33.8 Å². The van der Waals surface area contributed by atoms with Gasteiger partial charge in [-0.25, -0.2) is 4.58 Å². The summed E-state index contributed by atoms with van der Waals surface area (Å²) in [6.07, 6.45) is 5.62. The highest BCUT2D eigenvalue weighted by molar-refractivity contribution is 5.68. The van der Waals surface area contributed by atoms with Crippen molar-refractivity contribution < 1.29 is 9.68 Å². The van der Waals surface area contributed by atoms with Gasteiger partial charge in [0.2, 0.25) is 5.69 Å². The molecule has 0 spiro atoms. The third kappa shape index (κ3) is 4.16. The molecule has 0 aliphatic heterocycles. The summed E-state index contributed by atoms with van der Waals surface area (Å²) in [7, 11) is 2.02. The van der Waals surface area contributed by atoms with E-state index in [9.17, 15) is 5.11 Å². The van der Waals surface area contributed by atoms with E-state index in [-0.39, 0.29) is 0 Å². The summed E-state index contributed by atoms with van der Waals surface area (Å²) in [5, 5.41) is 9.58. The third-order valence-electron chi connectivity index (χ3n) is 2.61. The Kier molecular flexibility index (Phi) is 4.24. The van der Waals surface area contributed by atoms with Crippen LogP contribution in [0.25, 0.3) is 0 Å². The van der Waals surface area contributed by atoms with Crippen molar-refractivity contribution in [3.63, 3.8) is 0 Å². The van der Waals surface area contributed by atoms with E-state index in [1.807, 2.05) is 19.3 Å². The monoisotopic (exact) mass is 232 g/mol. The van der Waals surface area contributed by atoms with Crippen LogP contribution in [0.3, 0.4) is 0 Å². The van der Waals surface area contributed by atoms with Crippen molar-refractivity contribution in [3.8, 4) is 0 Å². The van der Waals surface area contributed by atoms with Gasteiger partial charge in [0.25, 0.3) is 0 Å². The molecule has 0 atom stereocenters. The number of allylic oxidation sites excluding steroid dienone is 1. The summed E-state index contributed by atoms with van der Waals surface area (Å²) in [6, 6.07) is 6.27. The summed E-state index contributed by atoms with van der Waals surface area (Å²) >= 11 is 0. The van der Waals surface area contributed by atoms with E-state index in [0.29, 0.717) is 0 Å². The topological polar surface area (TPSA) is 23.2 Å². The molecular formula is C15H22NO+. The fourth-order valence-corrected chi connectivity index (χ4v) is 1.84. The van der Waals surface area contributed by atoms with E-state index in [1.165, 1.54) is 16.8 Å².